The van der Waals surface area contributed by atoms with Crippen molar-refractivity contribution in [3.63, 3.8) is 0 Å². The zero-order valence-corrected chi connectivity index (χ0v) is 9.49. The van der Waals surface area contributed by atoms with Gasteiger partial charge < -0.3 is 0 Å². The van der Waals surface area contributed by atoms with E-state index in [-0.39, 0.29) is 17.8 Å². The van der Waals surface area contributed by atoms with Gasteiger partial charge in [-0.1, -0.05) is 11.6 Å². The Bertz CT molecular complexity index is 560. The Morgan fingerprint density at radius 3 is 2.82 bits per heavy atom. The van der Waals surface area contributed by atoms with Crippen molar-refractivity contribution < 1.29 is 9.18 Å². The molecule has 0 aliphatic heterocycles. The molecule has 5 heteroatoms. The molecule has 2 aromatic heterocycles. The number of Topliss-reactive ketones (excluding diaryl/α,β-unsaturated/α-hetero) is 1. The highest BCUT2D eigenvalue weighted by atomic mass is 35.5. The maximum absolute atomic E-state index is 12.9. The van der Waals surface area contributed by atoms with Crippen LogP contribution in [0.25, 0.3) is 0 Å². The van der Waals surface area contributed by atoms with Gasteiger partial charge in [-0.3, -0.25) is 14.8 Å². The van der Waals surface area contributed by atoms with Gasteiger partial charge in [-0.2, -0.15) is 0 Å². The van der Waals surface area contributed by atoms with E-state index in [9.17, 15) is 9.18 Å². The molecule has 0 amide bonds. The minimum absolute atomic E-state index is 0.104. The average molecular weight is 251 g/mol. The van der Waals surface area contributed by atoms with Crippen molar-refractivity contribution in [2.24, 2.45) is 0 Å². The van der Waals surface area contributed by atoms with Crippen LogP contribution in [0.15, 0.2) is 36.9 Å². The molecule has 0 saturated heterocycles. The van der Waals surface area contributed by atoms with Crippen LogP contribution in [0, 0.1) is 5.82 Å². The molecule has 2 rings (SSSR count). The summed E-state index contributed by atoms with van der Waals surface area (Å²) in [5, 5.41) is 0.421. The molecular formula is C12H8ClFN2O. The van der Waals surface area contributed by atoms with Gasteiger partial charge in [0.15, 0.2) is 5.78 Å². The minimum atomic E-state index is -0.531. The molecule has 0 radical (unpaired) electrons. The Balaban J connectivity index is 2.20. The predicted octanol–water partition coefficient (Wildman–Crippen LogP) is 2.69. The summed E-state index contributed by atoms with van der Waals surface area (Å²) in [7, 11) is 0. The van der Waals surface area contributed by atoms with Crippen molar-refractivity contribution in [2.45, 2.75) is 6.42 Å². The Hall–Kier alpha value is -1.81. The van der Waals surface area contributed by atoms with Crippen molar-refractivity contribution in [3.8, 4) is 0 Å². The van der Waals surface area contributed by atoms with Crippen LogP contribution in [0.2, 0.25) is 5.02 Å². The highest BCUT2D eigenvalue weighted by Gasteiger charge is 2.10. The van der Waals surface area contributed by atoms with Gasteiger partial charge in [0.1, 0.15) is 5.82 Å². The van der Waals surface area contributed by atoms with Crippen LogP contribution in [0.1, 0.15) is 15.9 Å². The fourth-order valence-corrected chi connectivity index (χ4v) is 1.57. The first-order chi connectivity index (χ1) is 8.16. The number of pyridine rings is 2. The first kappa shape index (κ1) is 11.7. The molecule has 0 aliphatic rings. The third-order valence-electron chi connectivity index (χ3n) is 2.23. The van der Waals surface area contributed by atoms with Gasteiger partial charge >= 0.3 is 0 Å². The van der Waals surface area contributed by atoms with Crippen LogP contribution in [-0.4, -0.2) is 15.8 Å². The SMILES string of the molecule is O=C(Cc1ccncc1Cl)c1cncc(F)c1. The highest BCUT2D eigenvalue weighted by molar-refractivity contribution is 6.31. The molecule has 0 saturated carbocycles. The summed E-state index contributed by atoms with van der Waals surface area (Å²) in [5.41, 5.74) is 0.897. The number of carbonyl (C=O) groups is 1. The summed E-state index contributed by atoms with van der Waals surface area (Å²) >= 11 is 5.88. The summed E-state index contributed by atoms with van der Waals surface area (Å²) in [6.45, 7) is 0. The van der Waals surface area contributed by atoms with Crippen molar-refractivity contribution in [3.05, 3.63) is 58.9 Å². The predicted molar refractivity (Wildman–Crippen MR) is 61.5 cm³/mol. The zero-order valence-electron chi connectivity index (χ0n) is 8.73. The standard InChI is InChI=1S/C12H8ClFN2O/c13-11-7-15-2-1-8(11)4-12(17)9-3-10(14)6-16-5-9/h1-3,5-7H,4H2. The normalized spacial score (nSPS) is 10.2. The first-order valence-corrected chi connectivity index (χ1v) is 5.27. The van der Waals surface area contributed by atoms with E-state index < -0.39 is 5.82 Å². The van der Waals surface area contributed by atoms with Crippen LogP contribution >= 0.6 is 11.6 Å². The van der Waals surface area contributed by atoms with Crippen LogP contribution in [0.5, 0.6) is 0 Å². The quantitative estimate of drug-likeness (QED) is 0.787. The molecule has 0 spiro atoms. The van der Waals surface area contributed by atoms with Gasteiger partial charge in [0.25, 0.3) is 0 Å². The second-order valence-electron chi connectivity index (χ2n) is 3.46. The molecule has 0 bridgehead atoms. The Morgan fingerprint density at radius 1 is 1.29 bits per heavy atom. The number of carbonyl (C=O) groups excluding carboxylic acids is 1. The lowest BCUT2D eigenvalue weighted by molar-refractivity contribution is 0.0992. The summed E-state index contributed by atoms with van der Waals surface area (Å²) < 4.78 is 12.9. The molecule has 0 aromatic carbocycles. The number of hydrogen-bond acceptors (Lipinski definition) is 3. The molecule has 0 aliphatic carbocycles. The summed E-state index contributed by atoms with van der Waals surface area (Å²) in [4.78, 5) is 19.3. The van der Waals surface area contributed by atoms with E-state index in [2.05, 4.69) is 9.97 Å². The first-order valence-electron chi connectivity index (χ1n) is 4.89. The van der Waals surface area contributed by atoms with Gasteiger partial charge in [0, 0.05) is 30.6 Å². The highest BCUT2D eigenvalue weighted by Crippen LogP contribution is 2.16. The third-order valence-corrected chi connectivity index (χ3v) is 2.57. The summed E-state index contributed by atoms with van der Waals surface area (Å²) in [6.07, 6.45) is 5.51. The van der Waals surface area contributed by atoms with E-state index in [0.717, 1.165) is 12.3 Å². The van der Waals surface area contributed by atoms with Gasteiger partial charge in [-0.15, -0.1) is 0 Å². The lowest BCUT2D eigenvalue weighted by Crippen LogP contribution is -2.05. The van der Waals surface area contributed by atoms with E-state index in [1.165, 1.54) is 12.4 Å². The molecule has 2 heterocycles. The molecule has 0 atom stereocenters. The monoisotopic (exact) mass is 250 g/mol. The Kier molecular flexibility index (Phi) is 3.44. The fraction of sp³-hybridized carbons (Fsp3) is 0.0833. The number of aromatic nitrogens is 2. The van der Waals surface area contributed by atoms with Gasteiger partial charge in [0.2, 0.25) is 0 Å². The Labute approximate surface area is 102 Å². The number of nitrogens with zero attached hydrogens (tertiary/aromatic N) is 2. The summed E-state index contributed by atoms with van der Waals surface area (Å²) in [5.74, 6) is -0.762. The number of hydrogen-bond donors (Lipinski definition) is 0. The molecular weight excluding hydrogens is 243 g/mol. The van der Waals surface area contributed by atoms with Crippen molar-refractivity contribution >= 4 is 17.4 Å². The molecule has 2 aromatic rings. The Morgan fingerprint density at radius 2 is 2.12 bits per heavy atom. The van der Waals surface area contributed by atoms with E-state index in [1.54, 1.807) is 12.3 Å². The van der Waals surface area contributed by atoms with Crippen molar-refractivity contribution in [1.82, 2.24) is 9.97 Å². The number of halogens is 2. The number of ketones is 1. The molecule has 17 heavy (non-hydrogen) atoms. The van der Waals surface area contributed by atoms with Gasteiger partial charge in [0.05, 0.1) is 11.2 Å². The lowest BCUT2D eigenvalue weighted by Gasteiger charge is -2.02. The van der Waals surface area contributed by atoms with Crippen molar-refractivity contribution in [2.75, 3.05) is 0 Å². The third kappa shape index (κ3) is 2.85. The second kappa shape index (κ2) is 5.01. The molecule has 3 nitrogen and oxygen atoms in total. The minimum Gasteiger partial charge on any atom is -0.294 e. The van der Waals surface area contributed by atoms with E-state index in [4.69, 9.17) is 11.6 Å². The van der Waals surface area contributed by atoms with Crippen molar-refractivity contribution in [1.29, 1.82) is 0 Å². The molecule has 0 N–H and O–H groups in total. The largest absolute Gasteiger partial charge is 0.294 e. The summed E-state index contributed by atoms with van der Waals surface area (Å²) in [6, 6.07) is 2.82. The zero-order chi connectivity index (χ0) is 12.3. The van der Waals surface area contributed by atoms with Gasteiger partial charge in [-0.25, -0.2) is 4.39 Å². The smallest absolute Gasteiger partial charge is 0.168 e. The van der Waals surface area contributed by atoms with Crippen LogP contribution in [0.4, 0.5) is 4.39 Å². The topological polar surface area (TPSA) is 42.9 Å². The van der Waals surface area contributed by atoms with E-state index >= 15 is 0 Å². The molecule has 86 valence electrons. The lowest BCUT2D eigenvalue weighted by atomic mass is 10.1. The molecule has 0 fully saturated rings. The van der Waals surface area contributed by atoms with Crippen LogP contribution < -0.4 is 0 Å². The maximum Gasteiger partial charge on any atom is 0.168 e. The van der Waals surface area contributed by atoms with Crippen LogP contribution in [-0.2, 0) is 6.42 Å². The van der Waals surface area contributed by atoms with E-state index in [0.29, 0.717) is 10.6 Å². The van der Waals surface area contributed by atoms with Crippen LogP contribution in [0.3, 0.4) is 0 Å². The fourth-order valence-electron chi connectivity index (χ4n) is 1.39. The maximum atomic E-state index is 12.9. The molecule has 0 unspecified atom stereocenters. The second-order valence-corrected chi connectivity index (χ2v) is 3.87. The average Bonchev–Trinajstić information content (AvgIpc) is 2.32. The van der Waals surface area contributed by atoms with E-state index in [1.807, 2.05) is 0 Å². The number of rotatable bonds is 3. The van der Waals surface area contributed by atoms with Gasteiger partial charge in [-0.05, 0) is 17.7 Å².